The van der Waals surface area contributed by atoms with E-state index < -0.39 is 11.8 Å². The van der Waals surface area contributed by atoms with Crippen LogP contribution in [0, 0.1) is 5.82 Å². The van der Waals surface area contributed by atoms with E-state index in [1.54, 1.807) is 6.07 Å². The van der Waals surface area contributed by atoms with Gasteiger partial charge in [0.05, 0.1) is 12.7 Å². The number of ether oxygens (including phenoxy) is 1. The summed E-state index contributed by atoms with van der Waals surface area (Å²) in [6.45, 7) is 2.23. The molecule has 0 aromatic heterocycles. The number of fused-ring (bicyclic) bond motifs is 1. The van der Waals surface area contributed by atoms with Gasteiger partial charge in [0, 0.05) is 12.1 Å². The molecule has 1 N–H and O–H groups in total. The van der Waals surface area contributed by atoms with Gasteiger partial charge < -0.3 is 10.1 Å². The molecule has 2 unspecified atom stereocenters. The number of methoxy groups -OCH3 is 1. The van der Waals surface area contributed by atoms with Gasteiger partial charge in [0.1, 0.15) is 5.82 Å². The van der Waals surface area contributed by atoms with Crippen LogP contribution < -0.4 is 5.32 Å². The van der Waals surface area contributed by atoms with Crippen LogP contribution >= 0.6 is 0 Å². The molecule has 3 atom stereocenters. The number of carbonyl (C=O) groups excluding carboxylic acids is 1. The maximum atomic E-state index is 14.5. The third kappa shape index (κ3) is 4.80. The zero-order valence-electron chi connectivity index (χ0n) is 18.2. The van der Waals surface area contributed by atoms with Crippen LogP contribution in [0.4, 0.5) is 4.39 Å². The molecule has 1 aliphatic rings. The van der Waals surface area contributed by atoms with Gasteiger partial charge in [-0.05, 0) is 66.1 Å². The average Bonchev–Trinajstić information content (AvgIpc) is 3.03. The number of hydrogen-bond acceptors (Lipinski definition) is 3. The molecule has 0 bridgehead atoms. The van der Waals surface area contributed by atoms with Crippen molar-refractivity contribution in [3.8, 4) is 0 Å². The Morgan fingerprint density at radius 2 is 1.84 bits per heavy atom. The van der Waals surface area contributed by atoms with Crippen molar-refractivity contribution >= 4 is 16.7 Å². The Kier molecular flexibility index (Phi) is 6.67. The highest BCUT2D eigenvalue weighted by Gasteiger charge is 2.24. The molecule has 0 saturated heterocycles. The van der Waals surface area contributed by atoms with Crippen LogP contribution in [0.15, 0.2) is 60.7 Å². The van der Waals surface area contributed by atoms with Crippen LogP contribution in [0.3, 0.4) is 0 Å². The van der Waals surface area contributed by atoms with Gasteiger partial charge in [-0.2, -0.15) is 0 Å². The van der Waals surface area contributed by atoms with Crippen LogP contribution in [0.1, 0.15) is 72.5 Å². The Bertz CT molecular complexity index is 1060. The second-order valence-electron chi connectivity index (χ2n) is 8.60. The molecular weight excluding hydrogens is 389 g/mol. The zero-order chi connectivity index (χ0) is 21.8. The van der Waals surface area contributed by atoms with Crippen molar-refractivity contribution in [3.63, 3.8) is 0 Å². The van der Waals surface area contributed by atoms with Crippen LogP contribution in [0.2, 0.25) is 0 Å². The van der Waals surface area contributed by atoms with Crippen LogP contribution in [0.5, 0.6) is 0 Å². The molecule has 1 aliphatic carbocycles. The van der Waals surface area contributed by atoms with E-state index in [9.17, 15) is 9.18 Å². The summed E-state index contributed by atoms with van der Waals surface area (Å²) < 4.78 is 19.2. The highest BCUT2D eigenvalue weighted by molar-refractivity contribution is 5.89. The van der Waals surface area contributed by atoms with Gasteiger partial charge >= 0.3 is 5.97 Å². The number of rotatable bonds is 5. The van der Waals surface area contributed by atoms with E-state index in [4.69, 9.17) is 0 Å². The van der Waals surface area contributed by atoms with Crippen LogP contribution in [-0.4, -0.2) is 19.1 Å². The fraction of sp³-hybridized carbons (Fsp3) is 0.370. The molecule has 4 rings (SSSR count). The summed E-state index contributed by atoms with van der Waals surface area (Å²) in [6, 6.07) is 20.5. The summed E-state index contributed by atoms with van der Waals surface area (Å²) >= 11 is 0. The Morgan fingerprint density at radius 1 is 1.06 bits per heavy atom. The molecule has 0 spiro atoms. The molecule has 4 heteroatoms. The van der Waals surface area contributed by atoms with Gasteiger partial charge in [0.25, 0.3) is 0 Å². The van der Waals surface area contributed by atoms with Gasteiger partial charge in [-0.25, -0.2) is 9.18 Å². The predicted octanol–water partition coefficient (Wildman–Crippen LogP) is 6.53. The molecule has 31 heavy (non-hydrogen) atoms. The predicted molar refractivity (Wildman–Crippen MR) is 123 cm³/mol. The quantitative estimate of drug-likeness (QED) is 0.377. The van der Waals surface area contributed by atoms with Crippen LogP contribution in [-0.2, 0) is 4.74 Å². The molecule has 3 aromatic carbocycles. The van der Waals surface area contributed by atoms with Crippen molar-refractivity contribution in [2.75, 3.05) is 7.11 Å². The molecule has 1 fully saturated rings. The van der Waals surface area contributed by atoms with E-state index >= 15 is 0 Å². The standard InChI is InChI=1S/C27H30FNO2/c1-18(23-13-7-10-19-8-4-6-12-24(19)23)29-22-11-5-3-9-20(16-22)21-14-15-25(26(28)17-21)27(30)31-2/h4,6-8,10,12-15,17-18,20,22,29H,3,5,9,11,16H2,1-2H3/t18-,20?,22?/m1/s1. The summed E-state index contributed by atoms with van der Waals surface area (Å²) in [5.41, 5.74) is 2.28. The monoisotopic (exact) mass is 419 g/mol. The zero-order valence-corrected chi connectivity index (χ0v) is 18.2. The number of nitrogens with one attached hydrogen (secondary N) is 1. The number of halogens is 1. The fourth-order valence-corrected chi connectivity index (χ4v) is 4.95. The molecule has 0 amide bonds. The minimum Gasteiger partial charge on any atom is -0.465 e. The lowest BCUT2D eigenvalue weighted by Crippen LogP contribution is -2.32. The summed E-state index contributed by atoms with van der Waals surface area (Å²) in [6.07, 6.45) is 5.42. The second-order valence-corrected chi connectivity index (χ2v) is 8.60. The van der Waals surface area contributed by atoms with Crippen molar-refractivity contribution < 1.29 is 13.9 Å². The summed E-state index contributed by atoms with van der Waals surface area (Å²) in [4.78, 5) is 11.7. The maximum Gasteiger partial charge on any atom is 0.340 e. The van der Waals surface area contributed by atoms with Crippen molar-refractivity contribution in [2.45, 2.75) is 57.0 Å². The molecule has 0 heterocycles. The van der Waals surface area contributed by atoms with Gasteiger partial charge in [0.15, 0.2) is 0 Å². The minimum atomic E-state index is -0.631. The summed E-state index contributed by atoms with van der Waals surface area (Å²) in [5, 5.41) is 6.40. The average molecular weight is 420 g/mol. The highest BCUT2D eigenvalue weighted by Crippen LogP contribution is 2.34. The minimum absolute atomic E-state index is 0.000810. The number of hydrogen-bond donors (Lipinski definition) is 1. The molecule has 3 aromatic rings. The lowest BCUT2D eigenvalue weighted by molar-refractivity contribution is 0.0595. The first-order valence-corrected chi connectivity index (χ1v) is 11.2. The molecule has 162 valence electrons. The summed E-state index contributed by atoms with van der Waals surface area (Å²) in [5.74, 6) is -0.850. The van der Waals surface area contributed by atoms with Gasteiger partial charge in [-0.3, -0.25) is 0 Å². The van der Waals surface area contributed by atoms with Gasteiger partial charge in [-0.1, -0.05) is 61.4 Å². The molecular formula is C27H30FNO2. The SMILES string of the molecule is COC(=O)c1ccc(C2CCCCC(N[C@H](C)c3cccc4ccccc34)C2)cc1F. The topological polar surface area (TPSA) is 38.3 Å². The first-order valence-electron chi connectivity index (χ1n) is 11.2. The maximum absolute atomic E-state index is 14.5. The van der Waals surface area contributed by atoms with Gasteiger partial charge in [-0.15, -0.1) is 0 Å². The fourth-order valence-electron chi connectivity index (χ4n) is 4.95. The second kappa shape index (κ2) is 9.61. The number of benzene rings is 3. The van der Waals surface area contributed by atoms with E-state index in [1.165, 1.54) is 35.9 Å². The molecule has 1 saturated carbocycles. The van der Waals surface area contributed by atoms with Crippen LogP contribution in [0.25, 0.3) is 10.8 Å². The lowest BCUT2D eigenvalue weighted by Gasteiger charge is -2.26. The lowest BCUT2D eigenvalue weighted by atomic mass is 9.89. The van der Waals surface area contributed by atoms with Crippen molar-refractivity contribution in [1.82, 2.24) is 5.32 Å². The molecule has 0 aliphatic heterocycles. The number of carbonyl (C=O) groups is 1. The molecule has 0 radical (unpaired) electrons. The van der Waals surface area contributed by atoms with E-state index in [0.29, 0.717) is 6.04 Å². The Labute approximate surface area is 183 Å². The first-order chi connectivity index (χ1) is 15.1. The normalized spacial score (nSPS) is 20.2. The van der Waals surface area contributed by atoms with E-state index in [2.05, 4.69) is 59.4 Å². The van der Waals surface area contributed by atoms with E-state index in [1.807, 2.05) is 6.07 Å². The third-order valence-corrected chi connectivity index (χ3v) is 6.57. The van der Waals surface area contributed by atoms with E-state index in [-0.39, 0.29) is 17.5 Å². The van der Waals surface area contributed by atoms with Crippen molar-refractivity contribution in [1.29, 1.82) is 0 Å². The van der Waals surface area contributed by atoms with Gasteiger partial charge in [0.2, 0.25) is 0 Å². The summed E-state index contributed by atoms with van der Waals surface area (Å²) in [7, 11) is 1.27. The largest absolute Gasteiger partial charge is 0.465 e. The van der Waals surface area contributed by atoms with E-state index in [0.717, 1.165) is 31.2 Å². The Hall–Kier alpha value is -2.72. The highest BCUT2D eigenvalue weighted by atomic mass is 19.1. The third-order valence-electron chi connectivity index (χ3n) is 6.57. The number of esters is 1. The van der Waals surface area contributed by atoms with Crippen molar-refractivity contribution in [3.05, 3.63) is 83.2 Å². The smallest absolute Gasteiger partial charge is 0.340 e. The Morgan fingerprint density at radius 3 is 2.65 bits per heavy atom. The molecule has 3 nitrogen and oxygen atoms in total. The van der Waals surface area contributed by atoms with Crippen molar-refractivity contribution in [2.24, 2.45) is 0 Å². The first kappa shape index (κ1) is 21.5. The Balaban J connectivity index is 1.51.